The second-order valence-corrected chi connectivity index (χ2v) is 5.30. The van der Waals surface area contributed by atoms with Gasteiger partial charge in [-0.1, -0.05) is 35.9 Å². The standard InChI is InChI=1S/C17H16N4O2/c1-11-8-9-14(12(2)10-11)18-16(22)15-19-17(23)21(20-15)13-6-4-3-5-7-13/h3-10H,1-2H3,(H,18,22)(H,19,20,23). The van der Waals surface area contributed by atoms with E-state index in [-0.39, 0.29) is 5.82 Å². The molecule has 0 fully saturated rings. The highest BCUT2D eigenvalue weighted by atomic mass is 16.2. The maximum atomic E-state index is 12.3. The van der Waals surface area contributed by atoms with Crippen LogP contribution in [0.5, 0.6) is 0 Å². The van der Waals surface area contributed by atoms with E-state index in [0.717, 1.165) is 15.8 Å². The zero-order chi connectivity index (χ0) is 16.4. The van der Waals surface area contributed by atoms with E-state index in [2.05, 4.69) is 15.4 Å². The number of nitrogens with zero attached hydrogens (tertiary/aromatic N) is 2. The summed E-state index contributed by atoms with van der Waals surface area (Å²) in [6, 6.07) is 14.6. The smallest absolute Gasteiger partial charge is 0.319 e. The molecule has 0 saturated carbocycles. The van der Waals surface area contributed by atoms with E-state index in [1.807, 2.05) is 38.1 Å². The van der Waals surface area contributed by atoms with Crippen LogP contribution in [0.3, 0.4) is 0 Å². The number of amides is 1. The van der Waals surface area contributed by atoms with Crippen LogP contribution >= 0.6 is 0 Å². The Morgan fingerprint density at radius 2 is 1.87 bits per heavy atom. The first-order valence-corrected chi connectivity index (χ1v) is 7.18. The van der Waals surface area contributed by atoms with Gasteiger partial charge in [-0.05, 0) is 37.6 Å². The number of aromatic nitrogens is 3. The van der Waals surface area contributed by atoms with Crippen molar-refractivity contribution in [1.82, 2.24) is 14.8 Å². The van der Waals surface area contributed by atoms with Gasteiger partial charge in [-0.25, -0.2) is 4.79 Å². The van der Waals surface area contributed by atoms with Gasteiger partial charge in [0.05, 0.1) is 5.69 Å². The fraction of sp³-hybridized carbons (Fsp3) is 0.118. The topological polar surface area (TPSA) is 79.8 Å². The molecular formula is C17H16N4O2. The van der Waals surface area contributed by atoms with Crippen LogP contribution in [0.1, 0.15) is 21.7 Å². The zero-order valence-electron chi connectivity index (χ0n) is 12.8. The quantitative estimate of drug-likeness (QED) is 0.780. The Labute approximate surface area is 132 Å². The Hall–Kier alpha value is -3.15. The number of hydrogen-bond acceptors (Lipinski definition) is 3. The molecule has 6 nitrogen and oxygen atoms in total. The molecular weight excluding hydrogens is 292 g/mol. The molecule has 0 bridgehead atoms. The minimum Gasteiger partial charge on any atom is -0.319 e. The summed E-state index contributed by atoms with van der Waals surface area (Å²) < 4.78 is 1.16. The lowest BCUT2D eigenvalue weighted by Gasteiger charge is -2.07. The summed E-state index contributed by atoms with van der Waals surface area (Å²) in [4.78, 5) is 26.7. The Morgan fingerprint density at radius 3 is 2.57 bits per heavy atom. The molecule has 0 radical (unpaired) electrons. The van der Waals surface area contributed by atoms with Crippen LogP contribution in [0, 0.1) is 13.8 Å². The van der Waals surface area contributed by atoms with Crippen LogP contribution < -0.4 is 11.0 Å². The van der Waals surface area contributed by atoms with Gasteiger partial charge >= 0.3 is 5.69 Å². The number of rotatable bonds is 3. The highest BCUT2D eigenvalue weighted by molar-refractivity contribution is 6.01. The predicted octanol–water partition coefficient (Wildman–Crippen LogP) is 2.43. The van der Waals surface area contributed by atoms with Crippen LogP contribution in [0.2, 0.25) is 0 Å². The summed E-state index contributed by atoms with van der Waals surface area (Å²) in [6.07, 6.45) is 0. The summed E-state index contributed by atoms with van der Waals surface area (Å²) in [7, 11) is 0. The van der Waals surface area contributed by atoms with Gasteiger partial charge in [0, 0.05) is 5.69 Å². The number of anilines is 1. The average Bonchev–Trinajstić information content (AvgIpc) is 2.93. The molecule has 0 aliphatic rings. The van der Waals surface area contributed by atoms with E-state index < -0.39 is 11.6 Å². The second-order valence-electron chi connectivity index (χ2n) is 5.30. The Kier molecular flexibility index (Phi) is 3.80. The van der Waals surface area contributed by atoms with Crippen molar-refractivity contribution in [3.8, 4) is 5.69 Å². The summed E-state index contributed by atoms with van der Waals surface area (Å²) in [5.74, 6) is -0.484. The SMILES string of the molecule is Cc1ccc(NC(=O)c2nn(-c3ccccc3)c(=O)[nH]2)c(C)c1. The van der Waals surface area contributed by atoms with E-state index in [1.165, 1.54) is 0 Å². The number of para-hydroxylation sites is 1. The van der Waals surface area contributed by atoms with Gasteiger partial charge in [0.2, 0.25) is 5.82 Å². The molecule has 1 amide bonds. The molecule has 3 aromatic rings. The van der Waals surface area contributed by atoms with Gasteiger partial charge in [0.15, 0.2) is 0 Å². The summed E-state index contributed by atoms with van der Waals surface area (Å²) in [6.45, 7) is 3.89. The summed E-state index contributed by atoms with van der Waals surface area (Å²) in [5, 5.41) is 6.82. The fourth-order valence-electron chi connectivity index (χ4n) is 2.31. The lowest BCUT2D eigenvalue weighted by atomic mass is 10.1. The molecule has 2 N–H and O–H groups in total. The van der Waals surface area contributed by atoms with Gasteiger partial charge in [-0.3, -0.25) is 9.78 Å². The second kappa shape index (κ2) is 5.92. The fourth-order valence-corrected chi connectivity index (χ4v) is 2.31. The van der Waals surface area contributed by atoms with Gasteiger partial charge in [0.1, 0.15) is 0 Å². The van der Waals surface area contributed by atoms with Crippen molar-refractivity contribution in [1.29, 1.82) is 0 Å². The number of nitrogens with one attached hydrogen (secondary N) is 2. The Morgan fingerprint density at radius 1 is 1.13 bits per heavy atom. The molecule has 3 rings (SSSR count). The van der Waals surface area contributed by atoms with Crippen LogP contribution in [0.4, 0.5) is 5.69 Å². The normalized spacial score (nSPS) is 10.5. The maximum Gasteiger partial charge on any atom is 0.348 e. The van der Waals surface area contributed by atoms with Crippen LogP contribution in [0.15, 0.2) is 53.3 Å². The highest BCUT2D eigenvalue weighted by Gasteiger charge is 2.15. The number of H-pyrrole nitrogens is 1. The number of aryl methyl sites for hydroxylation is 2. The molecule has 0 spiro atoms. The van der Waals surface area contributed by atoms with E-state index in [0.29, 0.717) is 11.4 Å². The number of carbonyl (C=O) groups excluding carboxylic acids is 1. The van der Waals surface area contributed by atoms with Crippen molar-refractivity contribution in [3.05, 3.63) is 76.0 Å². The van der Waals surface area contributed by atoms with Crippen molar-refractivity contribution < 1.29 is 4.79 Å². The summed E-state index contributed by atoms with van der Waals surface area (Å²) >= 11 is 0. The minimum atomic E-state index is -0.457. The van der Waals surface area contributed by atoms with Crippen molar-refractivity contribution >= 4 is 11.6 Å². The Balaban J connectivity index is 1.88. The number of carbonyl (C=O) groups is 1. The van der Waals surface area contributed by atoms with E-state index in [9.17, 15) is 9.59 Å². The number of hydrogen-bond donors (Lipinski definition) is 2. The van der Waals surface area contributed by atoms with Gasteiger partial charge in [0.25, 0.3) is 5.91 Å². The Bertz CT molecular complexity index is 910. The molecule has 0 unspecified atom stereocenters. The van der Waals surface area contributed by atoms with Crippen LogP contribution in [-0.4, -0.2) is 20.7 Å². The third-order valence-corrected chi connectivity index (χ3v) is 3.46. The molecule has 0 saturated heterocycles. The molecule has 116 valence electrons. The minimum absolute atomic E-state index is 0.0289. The predicted molar refractivity (Wildman–Crippen MR) is 88.1 cm³/mol. The van der Waals surface area contributed by atoms with E-state index >= 15 is 0 Å². The van der Waals surface area contributed by atoms with E-state index in [4.69, 9.17) is 0 Å². The van der Waals surface area contributed by atoms with Crippen molar-refractivity contribution in [2.45, 2.75) is 13.8 Å². The largest absolute Gasteiger partial charge is 0.348 e. The molecule has 0 atom stereocenters. The molecule has 23 heavy (non-hydrogen) atoms. The molecule has 0 aliphatic carbocycles. The van der Waals surface area contributed by atoms with Gasteiger partial charge in [-0.2, -0.15) is 4.68 Å². The molecule has 0 aliphatic heterocycles. The highest BCUT2D eigenvalue weighted by Crippen LogP contribution is 2.16. The molecule has 1 heterocycles. The summed E-state index contributed by atoms with van der Waals surface area (Å²) in [5.41, 5.74) is 2.89. The molecule has 6 heteroatoms. The first kappa shape index (κ1) is 14.8. The van der Waals surface area contributed by atoms with Crippen molar-refractivity contribution in [2.75, 3.05) is 5.32 Å². The number of benzene rings is 2. The third kappa shape index (κ3) is 3.06. The zero-order valence-corrected chi connectivity index (χ0v) is 12.8. The molecule has 1 aromatic heterocycles. The first-order chi connectivity index (χ1) is 11.0. The first-order valence-electron chi connectivity index (χ1n) is 7.18. The molecule has 2 aromatic carbocycles. The van der Waals surface area contributed by atoms with E-state index in [1.54, 1.807) is 24.3 Å². The van der Waals surface area contributed by atoms with Gasteiger partial charge < -0.3 is 5.32 Å². The maximum absolute atomic E-state index is 12.3. The average molecular weight is 308 g/mol. The van der Waals surface area contributed by atoms with Crippen molar-refractivity contribution in [2.24, 2.45) is 0 Å². The lowest BCUT2D eigenvalue weighted by Crippen LogP contribution is -2.16. The third-order valence-electron chi connectivity index (χ3n) is 3.46. The lowest BCUT2D eigenvalue weighted by molar-refractivity contribution is 0.101. The number of aromatic amines is 1. The van der Waals surface area contributed by atoms with Gasteiger partial charge in [-0.15, -0.1) is 5.10 Å². The van der Waals surface area contributed by atoms with Crippen molar-refractivity contribution in [3.63, 3.8) is 0 Å². The monoisotopic (exact) mass is 308 g/mol. The van der Waals surface area contributed by atoms with Crippen LogP contribution in [0.25, 0.3) is 5.69 Å². The van der Waals surface area contributed by atoms with Crippen LogP contribution in [-0.2, 0) is 0 Å².